The number of hydrogen-bond donors (Lipinski definition) is 1. The van der Waals surface area contributed by atoms with Gasteiger partial charge in [-0.25, -0.2) is 8.42 Å². The molecule has 0 aliphatic rings. The summed E-state index contributed by atoms with van der Waals surface area (Å²) in [5, 5.41) is 2.78. The van der Waals surface area contributed by atoms with Crippen molar-refractivity contribution in [2.45, 2.75) is 32.7 Å². The molecule has 0 saturated heterocycles. The number of nitrogens with zero attached hydrogens (tertiary/aromatic N) is 1. The van der Waals surface area contributed by atoms with Gasteiger partial charge in [0.05, 0.1) is 19.1 Å². The van der Waals surface area contributed by atoms with Gasteiger partial charge in [0.1, 0.15) is 11.8 Å². The van der Waals surface area contributed by atoms with Crippen LogP contribution in [-0.4, -0.2) is 33.7 Å². The van der Waals surface area contributed by atoms with Crippen molar-refractivity contribution in [3.63, 3.8) is 0 Å². The van der Waals surface area contributed by atoms with E-state index in [1.807, 2.05) is 24.3 Å². The number of hydrogen-bond acceptors (Lipinski definition) is 4. The summed E-state index contributed by atoms with van der Waals surface area (Å²) in [7, 11) is -2.18. The average molecular weight is 391 g/mol. The van der Waals surface area contributed by atoms with E-state index in [9.17, 15) is 13.2 Å². The van der Waals surface area contributed by atoms with Crippen LogP contribution in [0.2, 0.25) is 0 Å². The van der Waals surface area contributed by atoms with Gasteiger partial charge in [-0.05, 0) is 42.7 Å². The number of anilines is 2. The third kappa shape index (κ3) is 5.23. The standard InChI is InChI=1S/C20H26N2O4S/c1-14(2)16-9-11-17(12-10-16)21-20(23)15(3)22(27(5,24)25)18-7-6-8-19(13-18)26-4/h6-15H,1-5H3,(H,21,23)/t15-/m0/s1. The molecule has 0 bridgehead atoms. The third-order valence-corrected chi connectivity index (χ3v) is 5.48. The van der Waals surface area contributed by atoms with Gasteiger partial charge in [-0.2, -0.15) is 0 Å². The molecule has 7 heteroatoms. The van der Waals surface area contributed by atoms with E-state index >= 15 is 0 Å². The molecule has 0 aliphatic carbocycles. The SMILES string of the molecule is COc1cccc(N([C@@H](C)C(=O)Nc2ccc(C(C)C)cc2)S(C)(=O)=O)c1. The van der Waals surface area contributed by atoms with Crippen molar-refractivity contribution in [2.24, 2.45) is 0 Å². The van der Waals surface area contributed by atoms with Crippen LogP contribution in [0, 0.1) is 0 Å². The van der Waals surface area contributed by atoms with Gasteiger partial charge in [0, 0.05) is 11.8 Å². The Morgan fingerprint density at radius 3 is 2.22 bits per heavy atom. The highest BCUT2D eigenvalue weighted by molar-refractivity contribution is 7.92. The Bertz CT molecular complexity index is 892. The first-order valence-electron chi connectivity index (χ1n) is 8.67. The first-order chi connectivity index (χ1) is 12.6. The van der Waals surface area contributed by atoms with E-state index in [1.165, 1.54) is 7.11 Å². The van der Waals surface area contributed by atoms with Crippen molar-refractivity contribution in [3.05, 3.63) is 54.1 Å². The Hall–Kier alpha value is -2.54. The Kier molecular flexibility index (Phi) is 6.49. The summed E-state index contributed by atoms with van der Waals surface area (Å²) in [6, 6.07) is 13.2. The van der Waals surface area contributed by atoms with Crippen molar-refractivity contribution in [3.8, 4) is 5.75 Å². The smallest absolute Gasteiger partial charge is 0.247 e. The molecule has 0 aliphatic heterocycles. The fourth-order valence-electron chi connectivity index (χ4n) is 2.75. The largest absolute Gasteiger partial charge is 0.497 e. The van der Waals surface area contributed by atoms with Gasteiger partial charge in [0.2, 0.25) is 15.9 Å². The molecule has 0 radical (unpaired) electrons. The van der Waals surface area contributed by atoms with E-state index in [0.29, 0.717) is 23.0 Å². The average Bonchev–Trinajstić information content (AvgIpc) is 2.61. The molecule has 0 saturated carbocycles. The van der Waals surface area contributed by atoms with Gasteiger partial charge in [0.15, 0.2) is 0 Å². The number of methoxy groups -OCH3 is 1. The Balaban J connectivity index is 2.26. The number of rotatable bonds is 7. The summed E-state index contributed by atoms with van der Waals surface area (Å²) in [6.07, 6.45) is 1.08. The predicted molar refractivity (Wildman–Crippen MR) is 109 cm³/mol. The number of ether oxygens (including phenoxy) is 1. The maximum atomic E-state index is 12.7. The molecule has 1 N–H and O–H groups in total. The van der Waals surface area contributed by atoms with Gasteiger partial charge in [0.25, 0.3) is 0 Å². The highest BCUT2D eigenvalue weighted by Crippen LogP contribution is 2.26. The third-order valence-electron chi connectivity index (χ3n) is 4.24. The van der Waals surface area contributed by atoms with E-state index in [2.05, 4.69) is 19.2 Å². The maximum Gasteiger partial charge on any atom is 0.247 e. The van der Waals surface area contributed by atoms with Crippen LogP contribution in [-0.2, 0) is 14.8 Å². The zero-order valence-electron chi connectivity index (χ0n) is 16.3. The van der Waals surface area contributed by atoms with Crippen LogP contribution >= 0.6 is 0 Å². The lowest BCUT2D eigenvalue weighted by Gasteiger charge is -2.28. The maximum absolute atomic E-state index is 12.7. The van der Waals surface area contributed by atoms with E-state index in [1.54, 1.807) is 31.2 Å². The van der Waals surface area contributed by atoms with Crippen LogP contribution in [0.25, 0.3) is 0 Å². The minimum Gasteiger partial charge on any atom is -0.497 e. The van der Waals surface area contributed by atoms with Crippen molar-refractivity contribution >= 4 is 27.3 Å². The minimum absolute atomic E-state index is 0.370. The van der Waals surface area contributed by atoms with Crippen molar-refractivity contribution < 1.29 is 17.9 Å². The quantitative estimate of drug-likeness (QED) is 0.784. The summed E-state index contributed by atoms with van der Waals surface area (Å²) < 4.78 is 31.0. The highest BCUT2D eigenvalue weighted by atomic mass is 32.2. The van der Waals surface area contributed by atoms with Crippen LogP contribution < -0.4 is 14.4 Å². The number of carbonyl (C=O) groups is 1. The number of amides is 1. The summed E-state index contributed by atoms with van der Waals surface area (Å²) >= 11 is 0. The summed E-state index contributed by atoms with van der Waals surface area (Å²) in [5.74, 6) is 0.487. The molecule has 0 aromatic heterocycles. The second-order valence-corrected chi connectivity index (χ2v) is 8.56. The molecule has 0 spiro atoms. The first-order valence-corrected chi connectivity index (χ1v) is 10.5. The van der Waals surface area contributed by atoms with Crippen molar-refractivity contribution in [1.82, 2.24) is 0 Å². The van der Waals surface area contributed by atoms with Crippen molar-refractivity contribution in [2.75, 3.05) is 23.0 Å². The van der Waals surface area contributed by atoms with Crippen molar-refractivity contribution in [1.29, 1.82) is 0 Å². The molecule has 2 aromatic rings. The molecule has 1 atom stereocenters. The van der Waals surface area contributed by atoms with E-state index < -0.39 is 22.0 Å². The fourth-order valence-corrected chi connectivity index (χ4v) is 3.92. The molecule has 0 unspecified atom stereocenters. The monoisotopic (exact) mass is 390 g/mol. The molecule has 27 heavy (non-hydrogen) atoms. The Morgan fingerprint density at radius 1 is 1.07 bits per heavy atom. The lowest BCUT2D eigenvalue weighted by atomic mass is 10.0. The molecule has 0 fully saturated rings. The Morgan fingerprint density at radius 2 is 1.70 bits per heavy atom. The topological polar surface area (TPSA) is 75.7 Å². The van der Waals surface area contributed by atoms with Gasteiger partial charge in [-0.15, -0.1) is 0 Å². The molecule has 2 rings (SSSR count). The van der Waals surface area contributed by atoms with E-state index in [0.717, 1.165) is 16.1 Å². The lowest BCUT2D eigenvalue weighted by molar-refractivity contribution is -0.116. The van der Waals surface area contributed by atoms with Crippen LogP contribution in [0.4, 0.5) is 11.4 Å². The molecule has 2 aromatic carbocycles. The van der Waals surface area contributed by atoms with Crippen LogP contribution in [0.1, 0.15) is 32.3 Å². The summed E-state index contributed by atoms with van der Waals surface area (Å²) in [6.45, 7) is 5.74. The highest BCUT2D eigenvalue weighted by Gasteiger charge is 2.29. The first kappa shape index (κ1) is 20.8. The molecule has 6 nitrogen and oxygen atoms in total. The molecule has 146 valence electrons. The van der Waals surface area contributed by atoms with Crippen LogP contribution in [0.5, 0.6) is 5.75 Å². The van der Waals surface area contributed by atoms with Gasteiger partial charge >= 0.3 is 0 Å². The molecular weight excluding hydrogens is 364 g/mol. The Labute approximate surface area is 161 Å². The number of sulfonamides is 1. The number of nitrogens with one attached hydrogen (secondary N) is 1. The van der Waals surface area contributed by atoms with Gasteiger partial charge in [-0.3, -0.25) is 9.10 Å². The van der Waals surface area contributed by atoms with E-state index in [4.69, 9.17) is 4.74 Å². The number of benzene rings is 2. The molecule has 0 heterocycles. The van der Waals surface area contributed by atoms with E-state index in [-0.39, 0.29) is 0 Å². The van der Waals surface area contributed by atoms with Gasteiger partial charge < -0.3 is 10.1 Å². The molecular formula is C20H26N2O4S. The zero-order chi connectivity index (χ0) is 20.2. The minimum atomic E-state index is -3.68. The second kappa shape index (κ2) is 8.43. The fraction of sp³-hybridized carbons (Fsp3) is 0.350. The number of carbonyl (C=O) groups excluding carboxylic acids is 1. The summed E-state index contributed by atoms with van der Waals surface area (Å²) in [4.78, 5) is 12.7. The predicted octanol–water partition coefficient (Wildman–Crippen LogP) is 3.61. The zero-order valence-corrected chi connectivity index (χ0v) is 17.1. The van der Waals surface area contributed by atoms with Gasteiger partial charge in [-0.1, -0.05) is 32.0 Å². The molecule has 1 amide bonds. The van der Waals surface area contributed by atoms with Crippen LogP contribution in [0.3, 0.4) is 0 Å². The normalized spacial score (nSPS) is 12.5. The summed E-state index contributed by atoms with van der Waals surface area (Å²) in [5.41, 5.74) is 2.15. The lowest BCUT2D eigenvalue weighted by Crippen LogP contribution is -2.45. The van der Waals surface area contributed by atoms with Crippen LogP contribution in [0.15, 0.2) is 48.5 Å². The second-order valence-electron chi connectivity index (χ2n) is 6.70.